The standard InChI is InChI=1S/C12H18/c1-9(2)7-12-6-5-10(3)11(4)8-12/h5-6,8-9H,7H2,1-4H3/i4D3. The molecule has 1 aromatic rings. The summed E-state index contributed by atoms with van der Waals surface area (Å²) in [5.74, 6) is 0.553. The van der Waals surface area contributed by atoms with Crippen molar-refractivity contribution in [1.82, 2.24) is 0 Å². The van der Waals surface area contributed by atoms with Crippen molar-refractivity contribution in [1.29, 1.82) is 0 Å². The van der Waals surface area contributed by atoms with E-state index in [0.29, 0.717) is 11.5 Å². The van der Waals surface area contributed by atoms with Crippen LogP contribution in [0.4, 0.5) is 0 Å². The third-order valence-electron chi connectivity index (χ3n) is 1.95. The quantitative estimate of drug-likeness (QED) is 0.629. The van der Waals surface area contributed by atoms with Crippen LogP contribution in [0, 0.1) is 19.7 Å². The predicted octanol–water partition coefficient (Wildman–Crippen LogP) is 3.50. The Morgan fingerprint density at radius 3 is 2.67 bits per heavy atom. The van der Waals surface area contributed by atoms with Crippen LogP contribution in [-0.4, -0.2) is 0 Å². The first-order valence-electron chi connectivity index (χ1n) is 5.90. The summed E-state index contributed by atoms with van der Waals surface area (Å²) in [7, 11) is 0. The summed E-state index contributed by atoms with van der Waals surface area (Å²) < 4.78 is 22.3. The van der Waals surface area contributed by atoms with E-state index in [0.717, 1.165) is 17.5 Å². The minimum atomic E-state index is -1.99. The normalized spacial score (nSPS) is 15.5. The minimum Gasteiger partial charge on any atom is -0.0625 e. The molecule has 0 radical (unpaired) electrons. The van der Waals surface area contributed by atoms with Crippen LogP contribution < -0.4 is 0 Å². The fourth-order valence-corrected chi connectivity index (χ4v) is 1.27. The van der Waals surface area contributed by atoms with Crippen molar-refractivity contribution in [3.63, 3.8) is 0 Å². The molecular weight excluding hydrogens is 144 g/mol. The molecule has 0 heteroatoms. The average molecular weight is 165 g/mol. The Morgan fingerprint density at radius 1 is 1.33 bits per heavy atom. The molecule has 0 nitrogen and oxygen atoms in total. The van der Waals surface area contributed by atoms with Crippen molar-refractivity contribution in [2.24, 2.45) is 5.92 Å². The lowest BCUT2D eigenvalue weighted by molar-refractivity contribution is 0.647. The molecule has 0 aliphatic carbocycles. The summed E-state index contributed by atoms with van der Waals surface area (Å²) in [6, 6.07) is 5.74. The van der Waals surface area contributed by atoms with Crippen molar-refractivity contribution in [3.8, 4) is 0 Å². The van der Waals surface area contributed by atoms with E-state index < -0.39 is 6.85 Å². The fraction of sp³-hybridized carbons (Fsp3) is 0.500. The number of hydrogen-bond acceptors (Lipinski definition) is 0. The van der Waals surface area contributed by atoms with E-state index in [2.05, 4.69) is 13.8 Å². The van der Waals surface area contributed by atoms with E-state index in [1.807, 2.05) is 25.1 Å². The highest BCUT2D eigenvalue weighted by Crippen LogP contribution is 2.13. The topological polar surface area (TPSA) is 0 Å². The Labute approximate surface area is 79.8 Å². The van der Waals surface area contributed by atoms with E-state index in [4.69, 9.17) is 4.11 Å². The lowest BCUT2D eigenvalue weighted by Crippen LogP contribution is -1.94. The van der Waals surface area contributed by atoms with Crippen LogP contribution in [0.25, 0.3) is 0 Å². The molecule has 0 bridgehead atoms. The van der Waals surface area contributed by atoms with Crippen molar-refractivity contribution in [2.45, 2.75) is 34.0 Å². The zero-order valence-corrected chi connectivity index (χ0v) is 8.02. The Bertz CT molecular complexity index is 337. The molecule has 0 saturated carbocycles. The van der Waals surface area contributed by atoms with Gasteiger partial charge in [-0.2, -0.15) is 0 Å². The van der Waals surface area contributed by atoms with Crippen LogP contribution in [0.5, 0.6) is 0 Å². The summed E-state index contributed by atoms with van der Waals surface area (Å²) in [6.45, 7) is 4.13. The number of hydrogen-bond donors (Lipinski definition) is 0. The molecule has 0 heterocycles. The van der Waals surface area contributed by atoms with Crippen LogP contribution in [-0.2, 0) is 6.42 Å². The summed E-state index contributed by atoms with van der Waals surface area (Å²) in [4.78, 5) is 0. The largest absolute Gasteiger partial charge is 0.0625 e. The average Bonchev–Trinajstić information content (AvgIpc) is 2.05. The summed E-state index contributed by atoms with van der Waals surface area (Å²) in [5, 5.41) is 0. The van der Waals surface area contributed by atoms with Gasteiger partial charge in [0.15, 0.2) is 0 Å². The van der Waals surface area contributed by atoms with Gasteiger partial charge in [-0.05, 0) is 42.8 Å². The second kappa shape index (κ2) is 3.75. The van der Waals surface area contributed by atoms with Gasteiger partial charge in [-0.1, -0.05) is 32.0 Å². The number of benzene rings is 1. The third kappa shape index (κ3) is 2.37. The lowest BCUT2D eigenvalue weighted by Gasteiger charge is -2.07. The lowest BCUT2D eigenvalue weighted by atomic mass is 9.99. The maximum Gasteiger partial charge on any atom is 0.0280 e. The first-order valence-corrected chi connectivity index (χ1v) is 4.40. The van der Waals surface area contributed by atoms with Crippen molar-refractivity contribution < 1.29 is 4.11 Å². The van der Waals surface area contributed by atoms with Gasteiger partial charge < -0.3 is 0 Å². The molecule has 66 valence electrons. The Kier molecular flexibility index (Phi) is 1.81. The van der Waals surface area contributed by atoms with E-state index in [9.17, 15) is 0 Å². The van der Waals surface area contributed by atoms with Crippen LogP contribution >= 0.6 is 0 Å². The van der Waals surface area contributed by atoms with Gasteiger partial charge in [0.05, 0.1) is 0 Å². The molecule has 0 spiro atoms. The molecule has 0 fully saturated rings. The zero-order valence-electron chi connectivity index (χ0n) is 11.0. The van der Waals surface area contributed by atoms with Crippen molar-refractivity contribution in [2.75, 3.05) is 0 Å². The summed E-state index contributed by atoms with van der Waals surface area (Å²) >= 11 is 0. The molecule has 0 N–H and O–H groups in total. The molecule has 0 aliphatic rings. The van der Waals surface area contributed by atoms with Gasteiger partial charge in [-0.3, -0.25) is 0 Å². The van der Waals surface area contributed by atoms with Gasteiger partial charge in [0.1, 0.15) is 0 Å². The minimum absolute atomic E-state index is 0.487. The zero-order chi connectivity index (χ0) is 11.6. The number of rotatable bonds is 2. The second-order valence-electron chi connectivity index (χ2n) is 3.75. The Morgan fingerprint density at radius 2 is 2.08 bits per heavy atom. The molecule has 0 aliphatic heterocycles. The predicted molar refractivity (Wildman–Crippen MR) is 54.5 cm³/mol. The first kappa shape index (κ1) is 5.80. The van der Waals surface area contributed by atoms with E-state index in [-0.39, 0.29) is 0 Å². The van der Waals surface area contributed by atoms with Crippen molar-refractivity contribution in [3.05, 3.63) is 34.9 Å². The van der Waals surface area contributed by atoms with Crippen LogP contribution in [0.1, 0.15) is 34.7 Å². The second-order valence-corrected chi connectivity index (χ2v) is 3.75. The van der Waals surface area contributed by atoms with E-state index >= 15 is 0 Å². The molecule has 1 aromatic carbocycles. The van der Waals surface area contributed by atoms with Gasteiger partial charge in [0.25, 0.3) is 0 Å². The molecule has 0 saturated heterocycles. The fourth-order valence-electron chi connectivity index (χ4n) is 1.27. The summed E-state index contributed by atoms with van der Waals surface area (Å²) in [6.07, 6.45) is 0.934. The van der Waals surface area contributed by atoms with Gasteiger partial charge in [0, 0.05) is 4.11 Å². The third-order valence-corrected chi connectivity index (χ3v) is 1.95. The van der Waals surface area contributed by atoms with E-state index in [1.165, 1.54) is 0 Å². The van der Waals surface area contributed by atoms with Crippen molar-refractivity contribution >= 4 is 0 Å². The summed E-state index contributed by atoms with van der Waals surface area (Å²) in [5.41, 5.74) is 2.45. The maximum atomic E-state index is 7.43. The molecule has 0 atom stereocenters. The Balaban J connectivity index is 3.06. The van der Waals surface area contributed by atoms with Gasteiger partial charge in [0.2, 0.25) is 0 Å². The highest BCUT2D eigenvalue weighted by molar-refractivity contribution is 5.29. The number of aryl methyl sites for hydroxylation is 2. The molecular formula is C12H18. The Hall–Kier alpha value is -0.780. The highest BCUT2D eigenvalue weighted by atomic mass is 14.0. The monoisotopic (exact) mass is 165 g/mol. The molecule has 0 unspecified atom stereocenters. The molecule has 0 amide bonds. The smallest absolute Gasteiger partial charge is 0.0280 e. The molecule has 12 heavy (non-hydrogen) atoms. The molecule has 0 aromatic heterocycles. The van der Waals surface area contributed by atoms with E-state index in [1.54, 1.807) is 0 Å². The highest BCUT2D eigenvalue weighted by Gasteiger charge is 1.98. The van der Waals surface area contributed by atoms with Gasteiger partial charge >= 0.3 is 0 Å². The van der Waals surface area contributed by atoms with Crippen LogP contribution in [0.2, 0.25) is 0 Å². The first-order chi connectivity index (χ1) is 6.80. The van der Waals surface area contributed by atoms with Crippen LogP contribution in [0.3, 0.4) is 0 Å². The van der Waals surface area contributed by atoms with Gasteiger partial charge in [-0.25, -0.2) is 0 Å². The molecule has 1 rings (SSSR count). The SMILES string of the molecule is [2H]C([2H])([2H])c1cc(CC(C)C)ccc1C. The van der Waals surface area contributed by atoms with Crippen LogP contribution in [0.15, 0.2) is 18.2 Å². The van der Waals surface area contributed by atoms with Gasteiger partial charge in [-0.15, -0.1) is 0 Å². The maximum absolute atomic E-state index is 7.43.